The fourth-order valence-corrected chi connectivity index (χ4v) is 2.63. The van der Waals surface area contributed by atoms with Crippen LogP contribution in [0.4, 0.5) is 0 Å². The van der Waals surface area contributed by atoms with Gasteiger partial charge in [-0.25, -0.2) is 4.98 Å². The minimum Gasteiger partial charge on any atom is -0.468 e. The molecule has 0 saturated heterocycles. The van der Waals surface area contributed by atoms with Gasteiger partial charge in [0.1, 0.15) is 11.4 Å². The zero-order valence-corrected chi connectivity index (χ0v) is 13.8. The van der Waals surface area contributed by atoms with Crippen LogP contribution in [0.3, 0.4) is 0 Å². The third-order valence-electron chi connectivity index (χ3n) is 3.80. The van der Waals surface area contributed by atoms with E-state index in [0.29, 0.717) is 0 Å². The SMILES string of the molecule is CCCc1nccn1CCCCC(C)(NCC)C(=O)OC. The molecule has 0 aliphatic heterocycles. The molecule has 0 aliphatic rings. The number of aromatic nitrogens is 2. The lowest BCUT2D eigenvalue weighted by atomic mass is 9.94. The van der Waals surface area contributed by atoms with Crippen LogP contribution in [0.15, 0.2) is 12.4 Å². The number of rotatable bonds is 10. The molecule has 5 heteroatoms. The normalized spacial score (nSPS) is 13.9. The van der Waals surface area contributed by atoms with Crippen LogP contribution in [0, 0.1) is 0 Å². The largest absolute Gasteiger partial charge is 0.468 e. The topological polar surface area (TPSA) is 56.2 Å². The van der Waals surface area contributed by atoms with E-state index in [-0.39, 0.29) is 5.97 Å². The third-order valence-corrected chi connectivity index (χ3v) is 3.80. The van der Waals surface area contributed by atoms with Gasteiger partial charge in [-0.15, -0.1) is 0 Å². The van der Waals surface area contributed by atoms with Gasteiger partial charge in [-0.1, -0.05) is 13.8 Å². The zero-order valence-electron chi connectivity index (χ0n) is 13.8. The van der Waals surface area contributed by atoms with Gasteiger partial charge < -0.3 is 14.6 Å². The number of likely N-dealkylation sites (N-methyl/N-ethyl adjacent to an activating group) is 1. The van der Waals surface area contributed by atoms with Gasteiger partial charge in [-0.3, -0.25) is 4.79 Å². The lowest BCUT2D eigenvalue weighted by Crippen LogP contribution is -2.50. The van der Waals surface area contributed by atoms with E-state index < -0.39 is 5.54 Å². The Labute approximate surface area is 128 Å². The molecular weight excluding hydrogens is 266 g/mol. The first-order valence-corrected chi connectivity index (χ1v) is 7.90. The molecule has 0 aromatic carbocycles. The summed E-state index contributed by atoms with van der Waals surface area (Å²) in [5.74, 6) is 0.971. The molecule has 1 unspecified atom stereocenters. The van der Waals surface area contributed by atoms with Crippen molar-refractivity contribution in [1.29, 1.82) is 0 Å². The van der Waals surface area contributed by atoms with Crippen LogP contribution in [-0.4, -0.2) is 34.7 Å². The second-order valence-corrected chi connectivity index (χ2v) is 5.60. The number of aryl methyl sites for hydroxylation is 2. The van der Waals surface area contributed by atoms with Crippen LogP contribution >= 0.6 is 0 Å². The lowest BCUT2D eigenvalue weighted by Gasteiger charge is -2.27. The molecule has 0 bridgehead atoms. The number of carbonyl (C=O) groups excluding carboxylic acids is 1. The number of carbonyl (C=O) groups is 1. The molecule has 1 heterocycles. The van der Waals surface area contributed by atoms with Gasteiger partial charge >= 0.3 is 5.97 Å². The quantitative estimate of drug-likeness (QED) is 0.532. The van der Waals surface area contributed by atoms with Crippen molar-refractivity contribution in [1.82, 2.24) is 14.9 Å². The highest BCUT2D eigenvalue weighted by Gasteiger charge is 2.32. The van der Waals surface area contributed by atoms with Gasteiger partial charge in [-0.05, 0) is 39.2 Å². The van der Waals surface area contributed by atoms with Crippen LogP contribution in [0.25, 0.3) is 0 Å². The van der Waals surface area contributed by atoms with E-state index in [2.05, 4.69) is 21.8 Å². The number of nitrogens with one attached hydrogen (secondary N) is 1. The van der Waals surface area contributed by atoms with Crippen LogP contribution in [-0.2, 0) is 22.5 Å². The van der Waals surface area contributed by atoms with Gasteiger partial charge in [0.15, 0.2) is 0 Å². The fraction of sp³-hybridized carbons (Fsp3) is 0.750. The molecule has 0 amide bonds. The first-order chi connectivity index (χ1) is 10.1. The van der Waals surface area contributed by atoms with Gasteiger partial charge in [0.25, 0.3) is 0 Å². The first-order valence-electron chi connectivity index (χ1n) is 7.90. The van der Waals surface area contributed by atoms with Gasteiger partial charge in [0.2, 0.25) is 0 Å². The highest BCUT2D eigenvalue weighted by molar-refractivity contribution is 5.80. The van der Waals surface area contributed by atoms with E-state index in [1.807, 2.05) is 26.2 Å². The minimum atomic E-state index is -0.579. The highest BCUT2D eigenvalue weighted by Crippen LogP contribution is 2.16. The Kier molecular flexibility index (Phi) is 7.43. The van der Waals surface area contributed by atoms with Crippen molar-refractivity contribution in [2.45, 2.75) is 65.0 Å². The fourth-order valence-electron chi connectivity index (χ4n) is 2.63. The van der Waals surface area contributed by atoms with Crippen molar-refractivity contribution in [2.24, 2.45) is 0 Å². The van der Waals surface area contributed by atoms with Crippen LogP contribution in [0.2, 0.25) is 0 Å². The van der Waals surface area contributed by atoms with E-state index >= 15 is 0 Å². The molecule has 1 atom stereocenters. The molecule has 0 aliphatic carbocycles. The molecule has 1 aromatic rings. The summed E-state index contributed by atoms with van der Waals surface area (Å²) in [6.07, 6.45) is 8.82. The van der Waals surface area contributed by atoms with E-state index in [9.17, 15) is 4.79 Å². The van der Waals surface area contributed by atoms with Crippen molar-refractivity contribution >= 4 is 5.97 Å². The number of imidazole rings is 1. The summed E-state index contributed by atoms with van der Waals surface area (Å²) in [5.41, 5.74) is -0.579. The molecule has 120 valence electrons. The maximum absolute atomic E-state index is 11.9. The van der Waals surface area contributed by atoms with E-state index in [1.165, 1.54) is 7.11 Å². The molecule has 1 N–H and O–H groups in total. The van der Waals surface area contributed by atoms with E-state index in [1.54, 1.807) is 0 Å². The zero-order chi connectivity index (χ0) is 15.7. The van der Waals surface area contributed by atoms with Crippen LogP contribution in [0.5, 0.6) is 0 Å². The lowest BCUT2D eigenvalue weighted by molar-refractivity contribution is -0.148. The minimum absolute atomic E-state index is 0.182. The monoisotopic (exact) mass is 295 g/mol. The van der Waals surface area contributed by atoms with Crippen LogP contribution in [0.1, 0.15) is 52.3 Å². The third kappa shape index (κ3) is 5.16. The Bertz CT molecular complexity index is 431. The Hall–Kier alpha value is -1.36. The summed E-state index contributed by atoms with van der Waals surface area (Å²) in [4.78, 5) is 16.3. The molecular formula is C16H29N3O2. The smallest absolute Gasteiger partial charge is 0.325 e. The number of hydrogen-bond donors (Lipinski definition) is 1. The molecule has 0 fully saturated rings. The number of unbranched alkanes of at least 4 members (excludes halogenated alkanes) is 1. The Morgan fingerprint density at radius 1 is 1.43 bits per heavy atom. The summed E-state index contributed by atoms with van der Waals surface area (Å²) in [5, 5.41) is 3.24. The Morgan fingerprint density at radius 3 is 2.81 bits per heavy atom. The Morgan fingerprint density at radius 2 is 2.19 bits per heavy atom. The summed E-state index contributed by atoms with van der Waals surface area (Å²) >= 11 is 0. The number of esters is 1. The van der Waals surface area contributed by atoms with Crippen molar-refractivity contribution < 1.29 is 9.53 Å². The van der Waals surface area contributed by atoms with Crippen LogP contribution < -0.4 is 5.32 Å². The van der Waals surface area contributed by atoms with E-state index in [4.69, 9.17) is 4.74 Å². The summed E-state index contributed by atoms with van der Waals surface area (Å²) < 4.78 is 7.12. The van der Waals surface area contributed by atoms with Gasteiger partial charge in [0, 0.05) is 25.4 Å². The second kappa shape index (κ2) is 8.82. The molecule has 1 aromatic heterocycles. The van der Waals surface area contributed by atoms with Gasteiger partial charge in [-0.2, -0.15) is 0 Å². The Balaban J connectivity index is 2.44. The predicted molar refractivity (Wildman–Crippen MR) is 84.2 cm³/mol. The maximum atomic E-state index is 11.9. The first kappa shape index (κ1) is 17.7. The average Bonchev–Trinajstić information content (AvgIpc) is 2.91. The van der Waals surface area contributed by atoms with Crippen molar-refractivity contribution in [3.05, 3.63) is 18.2 Å². The maximum Gasteiger partial charge on any atom is 0.325 e. The van der Waals surface area contributed by atoms with Crippen molar-refractivity contribution in [2.75, 3.05) is 13.7 Å². The summed E-state index contributed by atoms with van der Waals surface area (Å²) in [6, 6.07) is 0. The molecule has 1 rings (SSSR count). The van der Waals surface area contributed by atoms with Crippen molar-refractivity contribution in [3.63, 3.8) is 0 Å². The molecule has 21 heavy (non-hydrogen) atoms. The molecule has 0 radical (unpaired) electrons. The molecule has 5 nitrogen and oxygen atoms in total. The second-order valence-electron chi connectivity index (χ2n) is 5.60. The van der Waals surface area contributed by atoms with Crippen molar-refractivity contribution in [3.8, 4) is 0 Å². The standard InChI is InChI=1S/C16H29N3O2/c1-5-9-14-17-11-13-19(14)12-8-7-10-16(3,18-6-2)15(20)21-4/h11,13,18H,5-10,12H2,1-4H3. The highest BCUT2D eigenvalue weighted by atomic mass is 16.5. The van der Waals surface area contributed by atoms with E-state index in [0.717, 1.165) is 51.0 Å². The average molecular weight is 295 g/mol. The number of ether oxygens (including phenoxy) is 1. The molecule has 0 spiro atoms. The predicted octanol–water partition coefficient (Wildman–Crippen LogP) is 2.55. The van der Waals surface area contributed by atoms with Gasteiger partial charge in [0.05, 0.1) is 7.11 Å². The summed E-state index contributed by atoms with van der Waals surface area (Å²) in [7, 11) is 1.44. The molecule has 0 saturated carbocycles. The number of hydrogen-bond acceptors (Lipinski definition) is 4. The number of nitrogens with zero attached hydrogens (tertiary/aromatic N) is 2. The summed E-state index contributed by atoms with van der Waals surface area (Å²) in [6.45, 7) is 7.80. The number of methoxy groups -OCH3 is 1.